The summed E-state index contributed by atoms with van der Waals surface area (Å²) in [5, 5.41) is 8.92. The normalized spacial score (nSPS) is 22.9. The Hall–Kier alpha value is -0.570. The van der Waals surface area contributed by atoms with E-state index in [4.69, 9.17) is 5.11 Å². The molecule has 0 bridgehead atoms. The van der Waals surface area contributed by atoms with Gasteiger partial charge in [-0.2, -0.15) is 0 Å². The van der Waals surface area contributed by atoms with E-state index in [1.807, 2.05) is 0 Å². The molecule has 3 nitrogen and oxygen atoms in total. The van der Waals surface area contributed by atoms with Gasteiger partial charge in [-0.1, -0.05) is 27.7 Å². The molecular formula is C16H31NO2. The fourth-order valence-electron chi connectivity index (χ4n) is 4.11. The van der Waals surface area contributed by atoms with Crippen molar-refractivity contribution in [2.24, 2.45) is 10.8 Å². The second-order valence-corrected chi connectivity index (χ2v) is 8.04. The van der Waals surface area contributed by atoms with Gasteiger partial charge in [0.05, 0.1) is 6.42 Å². The summed E-state index contributed by atoms with van der Waals surface area (Å²) in [6, 6.07) is 0.923. The molecule has 0 heterocycles. The average molecular weight is 269 g/mol. The van der Waals surface area contributed by atoms with Gasteiger partial charge in [0.15, 0.2) is 0 Å². The van der Waals surface area contributed by atoms with Crippen LogP contribution in [0.3, 0.4) is 0 Å². The lowest BCUT2D eigenvalue weighted by molar-refractivity contribution is -0.137. The van der Waals surface area contributed by atoms with Crippen molar-refractivity contribution in [3.05, 3.63) is 0 Å². The molecule has 112 valence electrons. The molecule has 0 saturated heterocycles. The van der Waals surface area contributed by atoms with Crippen LogP contribution < -0.4 is 0 Å². The van der Waals surface area contributed by atoms with Crippen molar-refractivity contribution in [3.8, 4) is 0 Å². The van der Waals surface area contributed by atoms with Crippen molar-refractivity contribution in [1.82, 2.24) is 4.90 Å². The Labute approximate surface area is 118 Å². The van der Waals surface area contributed by atoms with Crippen LogP contribution in [-0.2, 0) is 4.79 Å². The summed E-state index contributed by atoms with van der Waals surface area (Å²) < 4.78 is 0. The third kappa shape index (κ3) is 5.13. The van der Waals surface area contributed by atoms with Crippen LogP contribution in [0.5, 0.6) is 0 Å². The lowest BCUT2D eigenvalue weighted by Gasteiger charge is -2.49. The maximum atomic E-state index is 10.8. The van der Waals surface area contributed by atoms with Gasteiger partial charge < -0.3 is 5.11 Å². The average Bonchev–Trinajstić information content (AvgIpc) is 2.10. The summed E-state index contributed by atoms with van der Waals surface area (Å²) in [5.41, 5.74) is 0.700. The van der Waals surface area contributed by atoms with Gasteiger partial charge >= 0.3 is 5.97 Å². The van der Waals surface area contributed by atoms with E-state index in [1.54, 1.807) is 0 Å². The zero-order valence-electron chi connectivity index (χ0n) is 13.5. The van der Waals surface area contributed by atoms with Gasteiger partial charge in [-0.15, -0.1) is 0 Å². The minimum Gasteiger partial charge on any atom is -0.481 e. The van der Waals surface area contributed by atoms with E-state index in [9.17, 15) is 4.79 Å². The van der Waals surface area contributed by atoms with Gasteiger partial charge in [0.1, 0.15) is 0 Å². The summed E-state index contributed by atoms with van der Waals surface area (Å²) in [5.74, 6) is -0.694. The summed E-state index contributed by atoms with van der Waals surface area (Å²) in [4.78, 5) is 13.2. The lowest BCUT2D eigenvalue weighted by Crippen LogP contribution is -2.49. The monoisotopic (exact) mass is 269 g/mol. The Morgan fingerprint density at radius 3 is 2.05 bits per heavy atom. The predicted molar refractivity (Wildman–Crippen MR) is 79.3 cm³/mol. The van der Waals surface area contributed by atoms with Gasteiger partial charge in [0, 0.05) is 18.6 Å². The standard InChI is InChI=1S/C16H31NO2/c1-12(2)17(8-7-14(18)19)13-9-15(3,4)11-16(5,6)10-13/h12-13H,7-11H2,1-6H3,(H,18,19). The first-order valence-electron chi connectivity index (χ1n) is 7.50. The van der Waals surface area contributed by atoms with E-state index in [2.05, 4.69) is 46.4 Å². The summed E-state index contributed by atoms with van der Waals surface area (Å²) in [6.07, 6.45) is 3.85. The molecule has 3 heteroatoms. The molecule has 0 aliphatic heterocycles. The fraction of sp³-hybridized carbons (Fsp3) is 0.938. The van der Waals surface area contributed by atoms with Crippen molar-refractivity contribution >= 4 is 5.97 Å². The van der Waals surface area contributed by atoms with Crippen molar-refractivity contribution < 1.29 is 9.90 Å². The number of aliphatic carboxylic acids is 1. The van der Waals surface area contributed by atoms with Crippen molar-refractivity contribution in [3.63, 3.8) is 0 Å². The van der Waals surface area contributed by atoms with Gasteiger partial charge in [-0.05, 0) is 43.9 Å². The van der Waals surface area contributed by atoms with Gasteiger partial charge in [-0.25, -0.2) is 0 Å². The third-order valence-electron chi connectivity index (χ3n) is 4.25. The van der Waals surface area contributed by atoms with E-state index in [0.29, 0.717) is 29.5 Å². The quantitative estimate of drug-likeness (QED) is 0.825. The molecule has 1 aliphatic rings. The highest BCUT2D eigenvalue weighted by atomic mass is 16.4. The van der Waals surface area contributed by atoms with Gasteiger partial charge in [-0.3, -0.25) is 9.69 Å². The highest BCUT2D eigenvalue weighted by molar-refractivity contribution is 5.66. The molecule has 1 N–H and O–H groups in total. The molecule has 0 atom stereocenters. The van der Waals surface area contributed by atoms with Crippen LogP contribution in [-0.4, -0.2) is 34.6 Å². The summed E-state index contributed by atoms with van der Waals surface area (Å²) in [6.45, 7) is 14.4. The Morgan fingerprint density at radius 1 is 1.21 bits per heavy atom. The molecule has 1 rings (SSSR count). The van der Waals surface area contributed by atoms with Crippen LogP contribution in [0.2, 0.25) is 0 Å². The van der Waals surface area contributed by atoms with Crippen molar-refractivity contribution in [1.29, 1.82) is 0 Å². The number of carboxylic acids is 1. The topological polar surface area (TPSA) is 40.5 Å². The van der Waals surface area contributed by atoms with E-state index in [0.717, 1.165) is 0 Å². The Kier molecular flexibility index (Phi) is 5.05. The number of carboxylic acid groups (broad SMARTS) is 1. The first-order chi connectivity index (χ1) is 8.52. The van der Waals surface area contributed by atoms with Crippen molar-refractivity contribution in [2.75, 3.05) is 6.54 Å². The molecule has 1 aliphatic carbocycles. The molecule has 0 spiro atoms. The zero-order valence-corrected chi connectivity index (χ0v) is 13.5. The Morgan fingerprint density at radius 2 is 1.68 bits per heavy atom. The largest absolute Gasteiger partial charge is 0.481 e. The van der Waals surface area contributed by atoms with E-state index >= 15 is 0 Å². The van der Waals surface area contributed by atoms with Crippen LogP contribution in [0.15, 0.2) is 0 Å². The number of hydrogen-bond acceptors (Lipinski definition) is 2. The summed E-state index contributed by atoms with van der Waals surface area (Å²) >= 11 is 0. The van der Waals surface area contributed by atoms with Crippen molar-refractivity contribution in [2.45, 2.75) is 79.3 Å². The highest BCUT2D eigenvalue weighted by Crippen LogP contribution is 2.47. The SMILES string of the molecule is CC(C)N(CCC(=O)O)C1CC(C)(C)CC(C)(C)C1. The van der Waals surface area contributed by atoms with Crippen LogP contribution in [0.4, 0.5) is 0 Å². The maximum Gasteiger partial charge on any atom is 0.304 e. The maximum absolute atomic E-state index is 10.8. The Bertz CT molecular complexity index is 305. The summed E-state index contributed by atoms with van der Waals surface area (Å²) in [7, 11) is 0. The zero-order chi connectivity index (χ0) is 14.8. The molecule has 0 radical (unpaired) electrons. The van der Waals surface area contributed by atoms with Crippen LogP contribution >= 0.6 is 0 Å². The molecule has 0 aromatic carbocycles. The minimum absolute atomic E-state index is 0.246. The molecule has 0 aromatic heterocycles. The molecule has 0 aromatic rings. The van der Waals surface area contributed by atoms with Crippen LogP contribution in [0.25, 0.3) is 0 Å². The second-order valence-electron chi connectivity index (χ2n) is 8.04. The number of rotatable bonds is 5. The molecule has 1 saturated carbocycles. The first kappa shape index (κ1) is 16.5. The third-order valence-corrected chi connectivity index (χ3v) is 4.25. The van der Waals surface area contributed by atoms with E-state index in [1.165, 1.54) is 19.3 Å². The van der Waals surface area contributed by atoms with Crippen LogP contribution in [0.1, 0.15) is 67.2 Å². The highest BCUT2D eigenvalue weighted by Gasteiger charge is 2.40. The Balaban J connectivity index is 2.80. The predicted octanol–water partition coefficient (Wildman–Crippen LogP) is 3.78. The minimum atomic E-state index is -0.694. The van der Waals surface area contributed by atoms with Gasteiger partial charge in [0.25, 0.3) is 0 Å². The van der Waals surface area contributed by atoms with E-state index in [-0.39, 0.29) is 6.42 Å². The van der Waals surface area contributed by atoms with E-state index < -0.39 is 5.97 Å². The molecule has 1 fully saturated rings. The molecular weight excluding hydrogens is 238 g/mol. The number of carbonyl (C=O) groups is 1. The smallest absolute Gasteiger partial charge is 0.304 e. The molecule has 0 amide bonds. The molecule has 19 heavy (non-hydrogen) atoms. The number of nitrogens with zero attached hydrogens (tertiary/aromatic N) is 1. The fourth-order valence-corrected chi connectivity index (χ4v) is 4.11. The first-order valence-corrected chi connectivity index (χ1v) is 7.50. The molecule has 0 unspecified atom stereocenters. The van der Waals surface area contributed by atoms with Crippen LogP contribution in [0, 0.1) is 10.8 Å². The lowest BCUT2D eigenvalue weighted by atomic mass is 9.63. The second kappa shape index (κ2) is 5.82. The number of hydrogen-bond donors (Lipinski definition) is 1. The van der Waals surface area contributed by atoms with Gasteiger partial charge in [0.2, 0.25) is 0 Å².